The van der Waals surface area contributed by atoms with Gasteiger partial charge >= 0.3 is 0 Å². The number of halogens is 2. The number of likely N-dealkylation sites (N-methyl/N-ethyl adjacent to an activating group) is 1. The van der Waals surface area contributed by atoms with Gasteiger partial charge in [0.2, 0.25) is 5.91 Å². The van der Waals surface area contributed by atoms with E-state index < -0.39 is 29.5 Å². The molecule has 0 radical (unpaired) electrons. The maximum absolute atomic E-state index is 13.3. The molecule has 0 unspecified atom stereocenters. The highest BCUT2D eigenvalue weighted by atomic mass is 19.2. The lowest BCUT2D eigenvalue weighted by molar-refractivity contribution is -0.122. The molecule has 4 nitrogen and oxygen atoms in total. The fourth-order valence-electron chi connectivity index (χ4n) is 1.94. The second-order valence-corrected chi connectivity index (χ2v) is 4.56. The molecule has 0 aliphatic carbocycles. The minimum Gasteiger partial charge on any atom is -0.357 e. The molecular weight excluding hydrogens is 290 g/mol. The van der Waals surface area contributed by atoms with Crippen LogP contribution in [-0.4, -0.2) is 18.9 Å². The number of benzene rings is 2. The molecule has 0 heterocycles. The summed E-state index contributed by atoms with van der Waals surface area (Å²) in [4.78, 5) is 24.1. The number of rotatable bonds is 4. The summed E-state index contributed by atoms with van der Waals surface area (Å²) in [6.45, 7) is 0. The van der Waals surface area contributed by atoms with E-state index in [0.717, 1.165) is 12.1 Å². The summed E-state index contributed by atoms with van der Waals surface area (Å²) in [5.74, 6) is -3.12. The molecule has 0 spiro atoms. The van der Waals surface area contributed by atoms with Gasteiger partial charge in [-0.2, -0.15) is 0 Å². The summed E-state index contributed by atoms with van der Waals surface area (Å²) in [5, 5.41) is 4.89. The van der Waals surface area contributed by atoms with Crippen molar-refractivity contribution in [3.05, 3.63) is 71.3 Å². The van der Waals surface area contributed by atoms with Crippen LogP contribution in [0.5, 0.6) is 0 Å². The Balaban J connectivity index is 2.29. The molecule has 0 fully saturated rings. The molecule has 1 atom stereocenters. The molecule has 114 valence electrons. The molecule has 22 heavy (non-hydrogen) atoms. The Bertz CT molecular complexity index is 690. The van der Waals surface area contributed by atoms with Gasteiger partial charge in [-0.25, -0.2) is 8.78 Å². The molecule has 2 amide bonds. The third-order valence-electron chi connectivity index (χ3n) is 3.10. The Morgan fingerprint density at radius 2 is 1.68 bits per heavy atom. The first-order valence-corrected chi connectivity index (χ1v) is 6.55. The minimum atomic E-state index is -1.12. The molecule has 2 aromatic carbocycles. The zero-order valence-corrected chi connectivity index (χ0v) is 11.8. The topological polar surface area (TPSA) is 58.2 Å². The first-order chi connectivity index (χ1) is 10.5. The quantitative estimate of drug-likeness (QED) is 0.909. The number of amides is 2. The molecule has 0 bridgehead atoms. The van der Waals surface area contributed by atoms with Gasteiger partial charge < -0.3 is 10.6 Å². The SMILES string of the molecule is CNC(=O)[C@H](NC(=O)c1ccccc1)c1ccc(F)c(F)c1. The van der Waals surface area contributed by atoms with E-state index in [2.05, 4.69) is 10.6 Å². The van der Waals surface area contributed by atoms with Crippen LogP contribution in [0.1, 0.15) is 22.0 Å². The summed E-state index contributed by atoms with van der Waals surface area (Å²) < 4.78 is 26.4. The average molecular weight is 304 g/mol. The summed E-state index contributed by atoms with van der Waals surface area (Å²) in [5.41, 5.74) is 0.515. The Labute approximate surface area is 126 Å². The summed E-state index contributed by atoms with van der Waals surface area (Å²) in [6.07, 6.45) is 0. The first kappa shape index (κ1) is 15.6. The van der Waals surface area contributed by atoms with Crippen LogP contribution in [0.4, 0.5) is 8.78 Å². The van der Waals surface area contributed by atoms with Gasteiger partial charge in [-0.3, -0.25) is 9.59 Å². The molecule has 6 heteroatoms. The molecule has 2 N–H and O–H groups in total. The molecule has 0 saturated heterocycles. The van der Waals surface area contributed by atoms with Crippen molar-refractivity contribution in [2.45, 2.75) is 6.04 Å². The van der Waals surface area contributed by atoms with Crippen LogP contribution in [0.3, 0.4) is 0 Å². The number of carbonyl (C=O) groups is 2. The molecular formula is C16H14F2N2O2. The highest BCUT2D eigenvalue weighted by molar-refractivity contribution is 5.97. The predicted molar refractivity (Wildman–Crippen MR) is 77.1 cm³/mol. The molecule has 0 aliphatic heterocycles. The van der Waals surface area contributed by atoms with E-state index in [-0.39, 0.29) is 5.56 Å². The summed E-state index contributed by atoms with van der Waals surface area (Å²) >= 11 is 0. The van der Waals surface area contributed by atoms with Crippen LogP contribution < -0.4 is 10.6 Å². The maximum Gasteiger partial charge on any atom is 0.252 e. The Hall–Kier alpha value is -2.76. The van der Waals surface area contributed by atoms with Crippen molar-refractivity contribution < 1.29 is 18.4 Å². The second kappa shape index (κ2) is 6.80. The highest BCUT2D eigenvalue weighted by Gasteiger charge is 2.23. The monoisotopic (exact) mass is 304 g/mol. The van der Waals surface area contributed by atoms with Gasteiger partial charge in [-0.1, -0.05) is 24.3 Å². The maximum atomic E-state index is 13.3. The Kier molecular flexibility index (Phi) is 4.83. The van der Waals surface area contributed by atoms with Gasteiger partial charge in [0, 0.05) is 12.6 Å². The minimum absolute atomic E-state index is 0.155. The van der Waals surface area contributed by atoms with E-state index in [0.29, 0.717) is 5.56 Å². The van der Waals surface area contributed by atoms with Crippen molar-refractivity contribution in [2.24, 2.45) is 0 Å². The zero-order valence-electron chi connectivity index (χ0n) is 11.8. The highest BCUT2D eigenvalue weighted by Crippen LogP contribution is 2.17. The average Bonchev–Trinajstić information content (AvgIpc) is 2.55. The number of hydrogen-bond acceptors (Lipinski definition) is 2. The van der Waals surface area contributed by atoms with Gasteiger partial charge in [0.15, 0.2) is 11.6 Å². The standard InChI is InChI=1S/C16H14F2N2O2/c1-19-16(22)14(11-7-8-12(17)13(18)9-11)20-15(21)10-5-3-2-4-6-10/h2-9,14H,1H3,(H,19,22)(H,20,21)/t14-/m1/s1. The third-order valence-corrected chi connectivity index (χ3v) is 3.10. The van der Waals surface area contributed by atoms with Crippen molar-refractivity contribution in [3.8, 4) is 0 Å². The van der Waals surface area contributed by atoms with Gasteiger partial charge in [0.05, 0.1) is 0 Å². The van der Waals surface area contributed by atoms with E-state index in [1.54, 1.807) is 30.3 Å². The van der Waals surface area contributed by atoms with E-state index in [4.69, 9.17) is 0 Å². The molecule has 0 aliphatic rings. The van der Waals surface area contributed by atoms with E-state index in [1.807, 2.05) is 0 Å². The van der Waals surface area contributed by atoms with Gasteiger partial charge in [0.25, 0.3) is 5.91 Å². The lowest BCUT2D eigenvalue weighted by atomic mass is 10.0. The second-order valence-electron chi connectivity index (χ2n) is 4.56. The van der Waals surface area contributed by atoms with Gasteiger partial charge in [-0.15, -0.1) is 0 Å². The van der Waals surface area contributed by atoms with Crippen LogP contribution in [0.25, 0.3) is 0 Å². The zero-order chi connectivity index (χ0) is 16.1. The smallest absolute Gasteiger partial charge is 0.252 e. The fourth-order valence-corrected chi connectivity index (χ4v) is 1.94. The predicted octanol–water partition coefficient (Wildman–Crippen LogP) is 2.18. The van der Waals surface area contributed by atoms with Crippen molar-refractivity contribution in [3.63, 3.8) is 0 Å². The van der Waals surface area contributed by atoms with Gasteiger partial charge in [-0.05, 0) is 29.8 Å². The molecule has 2 aromatic rings. The summed E-state index contributed by atoms with van der Waals surface area (Å²) in [6, 6.07) is 10.2. The number of carbonyl (C=O) groups excluding carboxylic acids is 2. The molecule has 2 rings (SSSR count). The number of nitrogens with one attached hydrogen (secondary N) is 2. The van der Waals surface area contributed by atoms with Crippen molar-refractivity contribution in [1.29, 1.82) is 0 Å². The Morgan fingerprint density at radius 3 is 2.27 bits per heavy atom. The molecule has 0 aromatic heterocycles. The van der Waals surface area contributed by atoms with E-state index in [1.165, 1.54) is 13.1 Å². The third kappa shape index (κ3) is 3.46. The summed E-state index contributed by atoms with van der Waals surface area (Å²) in [7, 11) is 1.39. The fraction of sp³-hybridized carbons (Fsp3) is 0.125. The lowest BCUT2D eigenvalue weighted by Crippen LogP contribution is -2.39. The Morgan fingerprint density at radius 1 is 1.00 bits per heavy atom. The van der Waals surface area contributed by atoms with E-state index >= 15 is 0 Å². The van der Waals surface area contributed by atoms with Crippen molar-refractivity contribution in [1.82, 2.24) is 10.6 Å². The van der Waals surface area contributed by atoms with Crippen molar-refractivity contribution in [2.75, 3.05) is 7.05 Å². The normalized spacial score (nSPS) is 11.6. The molecule has 0 saturated carbocycles. The van der Waals surface area contributed by atoms with Crippen LogP contribution in [0.2, 0.25) is 0 Å². The van der Waals surface area contributed by atoms with Crippen LogP contribution >= 0.6 is 0 Å². The van der Waals surface area contributed by atoms with Crippen LogP contribution in [0, 0.1) is 11.6 Å². The van der Waals surface area contributed by atoms with Crippen LogP contribution in [0.15, 0.2) is 48.5 Å². The first-order valence-electron chi connectivity index (χ1n) is 6.55. The van der Waals surface area contributed by atoms with Crippen molar-refractivity contribution >= 4 is 11.8 Å². The van der Waals surface area contributed by atoms with Gasteiger partial charge in [0.1, 0.15) is 6.04 Å². The largest absolute Gasteiger partial charge is 0.357 e. The van der Waals surface area contributed by atoms with Crippen LogP contribution in [-0.2, 0) is 4.79 Å². The number of hydrogen-bond donors (Lipinski definition) is 2. The van der Waals surface area contributed by atoms with E-state index in [9.17, 15) is 18.4 Å². The lowest BCUT2D eigenvalue weighted by Gasteiger charge is -2.18.